The molecule has 4 heteroatoms. The Morgan fingerprint density at radius 3 is 2.69 bits per heavy atom. The van der Waals surface area contributed by atoms with E-state index < -0.39 is 0 Å². The summed E-state index contributed by atoms with van der Waals surface area (Å²) in [6.07, 6.45) is 4.40. The average molecular weight is 228 g/mol. The number of likely N-dealkylation sites (N-methyl/N-ethyl adjacent to an activating group) is 1. The lowest BCUT2D eigenvalue weighted by Gasteiger charge is -2.40. The van der Waals surface area contributed by atoms with Crippen molar-refractivity contribution in [3.05, 3.63) is 0 Å². The Morgan fingerprint density at radius 1 is 1.56 bits per heavy atom. The van der Waals surface area contributed by atoms with Crippen molar-refractivity contribution in [2.24, 2.45) is 0 Å². The molecule has 0 aromatic heterocycles. The summed E-state index contributed by atoms with van der Waals surface area (Å²) in [5.41, 5.74) is 0. The van der Waals surface area contributed by atoms with Crippen molar-refractivity contribution in [2.45, 2.75) is 51.6 Å². The van der Waals surface area contributed by atoms with Crippen LogP contribution in [0.2, 0.25) is 0 Å². The second-order valence-corrected chi connectivity index (χ2v) is 4.47. The lowest BCUT2D eigenvalue weighted by molar-refractivity contribution is -0.127. The van der Waals surface area contributed by atoms with Crippen LogP contribution in [0.1, 0.15) is 39.5 Å². The topological polar surface area (TPSA) is 52.6 Å². The molecule has 0 aromatic rings. The first-order valence-electron chi connectivity index (χ1n) is 6.35. The van der Waals surface area contributed by atoms with Gasteiger partial charge >= 0.3 is 0 Å². The maximum atomic E-state index is 11.8. The molecule has 0 aromatic carbocycles. The summed E-state index contributed by atoms with van der Waals surface area (Å²) >= 11 is 0. The molecule has 1 atom stereocenters. The minimum atomic E-state index is -0.0724. The van der Waals surface area contributed by atoms with E-state index in [2.05, 4.69) is 10.2 Å². The van der Waals surface area contributed by atoms with E-state index in [1.165, 1.54) is 19.3 Å². The number of rotatable bonds is 7. The van der Waals surface area contributed by atoms with E-state index in [0.29, 0.717) is 12.6 Å². The summed E-state index contributed by atoms with van der Waals surface area (Å²) in [5, 5.41) is 11.7. The minimum Gasteiger partial charge on any atom is -0.396 e. The maximum Gasteiger partial charge on any atom is 0.237 e. The van der Waals surface area contributed by atoms with E-state index in [9.17, 15) is 4.79 Å². The Labute approximate surface area is 98.0 Å². The SMILES string of the molecule is CCNC(=O)C(C)N(CCCO)C1CCC1. The monoisotopic (exact) mass is 228 g/mol. The van der Waals surface area contributed by atoms with Crippen LogP contribution in [-0.2, 0) is 4.79 Å². The van der Waals surface area contributed by atoms with Gasteiger partial charge in [-0.25, -0.2) is 0 Å². The maximum absolute atomic E-state index is 11.8. The van der Waals surface area contributed by atoms with Crippen molar-refractivity contribution in [1.82, 2.24) is 10.2 Å². The second kappa shape index (κ2) is 6.86. The predicted molar refractivity (Wildman–Crippen MR) is 64.2 cm³/mol. The van der Waals surface area contributed by atoms with E-state index in [-0.39, 0.29) is 18.6 Å². The van der Waals surface area contributed by atoms with Crippen molar-refractivity contribution in [3.63, 3.8) is 0 Å². The summed E-state index contributed by atoms with van der Waals surface area (Å²) in [5.74, 6) is 0.104. The molecule has 0 spiro atoms. The molecule has 1 rings (SSSR count). The van der Waals surface area contributed by atoms with Crippen molar-refractivity contribution in [3.8, 4) is 0 Å². The van der Waals surface area contributed by atoms with Crippen LogP contribution in [0.15, 0.2) is 0 Å². The Morgan fingerprint density at radius 2 is 2.25 bits per heavy atom. The first-order chi connectivity index (χ1) is 7.70. The highest BCUT2D eigenvalue weighted by molar-refractivity contribution is 5.81. The summed E-state index contributed by atoms with van der Waals surface area (Å²) in [7, 11) is 0. The van der Waals surface area contributed by atoms with Gasteiger partial charge in [0.25, 0.3) is 0 Å². The van der Waals surface area contributed by atoms with Gasteiger partial charge < -0.3 is 10.4 Å². The van der Waals surface area contributed by atoms with Gasteiger partial charge in [0.2, 0.25) is 5.91 Å². The first-order valence-corrected chi connectivity index (χ1v) is 6.35. The average Bonchev–Trinajstić information content (AvgIpc) is 2.20. The largest absolute Gasteiger partial charge is 0.396 e. The molecule has 0 bridgehead atoms. The van der Waals surface area contributed by atoms with Gasteiger partial charge in [-0.1, -0.05) is 6.42 Å². The minimum absolute atomic E-state index is 0.0724. The highest BCUT2D eigenvalue weighted by atomic mass is 16.3. The molecule has 0 radical (unpaired) electrons. The van der Waals surface area contributed by atoms with Gasteiger partial charge in [0.1, 0.15) is 0 Å². The fourth-order valence-corrected chi connectivity index (χ4v) is 2.14. The number of amides is 1. The van der Waals surface area contributed by atoms with Crippen LogP contribution in [0, 0.1) is 0 Å². The van der Waals surface area contributed by atoms with E-state index in [1.54, 1.807) is 0 Å². The third kappa shape index (κ3) is 3.46. The molecular weight excluding hydrogens is 204 g/mol. The van der Waals surface area contributed by atoms with Crippen molar-refractivity contribution in [2.75, 3.05) is 19.7 Å². The molecule has 2 N–H and O–H groups in total. The molecule has 0 heterocycles. The van der Waals surface area contributed by atoms with Gasteiger partial charge in [-0.15, -0.1) is 0 Å². The number of carbonyl (C=O) groups is 1. The smallest absolute Gasteiger partial charge is 0.237 e. The summed E-state index contributed by atoms with van der Waals surface area (Å²) in [6, 6.07) is 0.473. The normalized spacial score (nSPS) is 18.2. The third-order valence-electron chi connectivity index (χ3n) is 3.35. The number of nitrogens with one attached hydrogen (secondary N) is 1. The second-order valence-electron chi connectivity index (χ2n) is 4.47. The first kappa shape index (κ1) is 13.5. The molecule has 1 saturated carbocycles. The van der Waals surface area contributed by atoms with Crippen LogP contribution in [0.25, 0.3) is 0 Å². The standard InChI is InChI=1S/C12H24N2O2/c1-3-13-12(16)10(2)14(8-5-9-15)11-6-4-7-11/h10-11,15H,3-9H2,1-2H3,(H,13,16). The molecule has 94 valence electrons. The molecule has 1 fully saturated rings. The Bertz CT molecular complexity index is 217. The molecule has 1 amide bonds. The fourth-order valence-electron chi connectivity index (χ4n) is 2.14. The predicted octanol–water partition coefficient (Wildman–Crippen LogP) is 0.748. The third-order valence-corrected chi connectivity index (χ3v) is 3.35. The van der Waals surface area contributed by atoms with Crippen LogP contribution >= 0.6 is 0 Å². The molecule has 4 nitrogen and oxygen atoms in total. The number of hydrogen-bond donors (Lipinski definition) is 2. The Kier molecular flexibility index (Phi) is 5.77. The van der Waals surface area contributed by atoms with E-state index >= 15 is 0 Å². The lowest BCUT2D eigenvalue weighted by Crippen LogP contribution is -2.52. The van der Waals surface area contributed by atoms with Gasteiger partial charge in [0, 0.05) is 25.7 Å². The van der Waals surface area contributed by atoms with E-state index in [0.717, 1.165) is 13.0 Å². The Hall–Kier alpha value is -0.610. The molecule has 0 aliphatic heterocycles. The number of aliphatic hydroxyl groups is 1. The lowest BCUT2D eigenvalue weighted by atomic mass is 9.90. The van der Waals surface area contributed by atoms with Crippen LogP contribution in [0.5, 0.6) is 0 Å². The van der Waals surface area contributed by atoms with Gasteiger partial charge in [-0.05, 0) is 33.1 Å². The zero-order valence-electron chi connectivity index (χ0n) is 10.4. The van der Waals surface area contributed by atoms with E-state index in [4.69, 9.17) is 5.11 Å². The van der Waals surface area contributed by atoms with Crippen LogP contribution in [0.4, 0.5) is 0 Å². The van der Waals surface area contributed by atoms with Crippen LogP contribution in [0.3, 0.4) is 0 Å². The molecule has 1 unspecified atom stereocenters. The van der Waals surface area contributed by atoms with Gasteiger partial charge in [0.05, 0.1) is 6.04 Å². The summed E-state index contributed by atoms with van der Waals surface area (Å²) in [4.78, 5) is 14.0. The molecule has 1 aliphatic rings. The number of carbonyl (C=O) groups excluding carboxylic acids is 1. The number of aliphatic hydroxyl groups excluding tert-OH is 1. The van der Waals surface area contributed by atoms with Gasteiger partial charge in [-0.3, -0.25) is 9.69 Å². The molecular formula is C12H24N2O2. The summed E-state index contributed by atoms with van der Waals surface area (Å²) < 4.78 is 0. The van der Waals surface area contributed by atoms with Gasteiger partial charge in [0.15, 0.2) is 0 Å². The van der Waals surface area contributed by atoms with Crippen molar-refractivity contribution in [1.29, 1.82) is 0 Å². The highest BCUT2D eigenvalue weighted by Crippen LogP contribution is 2.26. The molecule has 16 heavy (non-hydrogen) atoms. The Balaban J connectivity index is 2.48. The highest BCUT2D eigenvalue weighted by Gasteiger charge is 2.30. The van der Waals surface area contributed by atoms with E-state index in [1.807, 2.05) is 13.8 Å². The van der Waals surface area contributed by atoms with Crippen molar-refractivity contribution >= 4 is 5.91 Å². The van der Waals surface area contributed by atoms with Crippen LogP contribution in [-0.4, -0.2) is 47.7 Å². The molecule has 0 saturated heterocycles. The quantitative estimate of drug-likeness (QED) is 0.676. The van der Waals surface area contributed by atoms with Gasteiger partial charge in [-0.2, -0.15) is 0 Å². The number of nitrogens with zero attached hydrogens (tertiary/aromatic N) is 1. The zero-order valence-corrected chi connectivity index (χ0v) is 10.4. The summed E-state index contributed by atoms with van der Waals surface area (Å²) in [6.45, 7) is 5.60. The molecule has 1 aliphatic carbocycles. The van der Waals surface area contributed by atoms with Crippen LogP contribution < -0.4 is 5.32 Å². The number of hydrogen-bond acceptors (Lipinski definition) is 3. The fraction of sp³-hybridized carbons (Fsp3) is 0.917. The van der Waals surface area contributed by atoms with Crippen molar-refractivity contribution < 1.29 is 9.90 Å². The zero-order chi connectivity index (χ0) is 12.0.